The SMILES string of the molecule is CO[C@@H](CNC1CCC(Nc2nc(N(C)C)c3ccccc3n2)CC1)c1ccccc1. The zero-order valence-electron chi connectivity index (χ0n) is 18.7. The Morgan fingerprint density at radius 2 is 1.61 bits per heavy atom. The summed E-state index contributed by atoms with van der Waals surface area (Å²) in [6.07, 6.45) is 4.57. The molecule has 0 bridgehead atoms. The summed E-state index contributed by atoms with van der Waals surface area (Å²) in [6, 6.07) is 19.5. The van der Waals surface area contributed by atoms with Crippen molar-refractivity contribution in [1.29, 1.82) is 0 Å². The summed E-state index contributed by atoms with van der Waals surface area (Å²) < 4.78 is 5.70. The van der Waals surface area contributed by atoms with Crippen molar-refractivity contribution < 1.29 is 4.74 Å². The normalized spacial score (nSPS) is 19.8. The predicted molar refractivity (Wildman–Crippen MR) is 128 cm³/mol. The molecule has 1 aliphatic carbocycles. The molecule has 2 aromatic carbocycles. The van der Waals surface area contributed by atoms with Gasteiger partial charge in [-0.1, -0.05) is 42.5 Å². The van der Waals surface area contributed by atoms with Gasteiger partial charge in [0.2, 0.25) is 5.95 Å². The van der Waals surface area contributed by atoms with Gasteiger partial charge in [-0.15, -0.1) is 0 Å². The maximum atomic E-state index is 5.70. The Morgan fingerprint density at radius 1 is 0.935 bits per heavy atom. The van der Waals surface area contributed by atoms with Crippen molar-refractivity contribution in [3.63, 3.8) is 0 Å². The van der Waals surface area contributed by atoms with E-state index in [0.29, 0.717) is 12.1 Å². The summed E-state index contributed by atoms with van der Waals surface area (Å²) in [4.78, 5) is 11.6. The Labute approximate surface area is 185 Å². The number of para-hydroxylation sites is 1. The first-order valence-corrected chi connectivity index (χ1v) is 11.2. The van der Waals surface area contributed by atoms with Crippen molar-refractivity contribution in [3.05, 3.63) is 60.2 Å². The first kappa shape index (κ1) is 21.5. The lowest BCUT2D eigenvalue weighted by atomic mass is 9.91. The number of aromatic nitrogens is 2. The van der Waals surface area contributed by atoms with E-state index in [0.717, 1.165) is 54.9 Å². The van der Waals surface area contributed by atoms with Crippen molar-refractivity contribution in [3.8, 4) is 0 Å². The van der Waals surface area contributed by atoms with E-state index in [-0.39, 0.29) is 6.10 Å². The van der Waals surface area contributed by atoms with E-state index in [1.165, 1.54) is 5.56 Å². The topological polar surface area (TPSA) is 62.3 Å². The second kappa shape index (κ2) is 10.1. The van der Waals surface area contributed by atoms with Crippen molar-refractivity contribution in [2.45, 2.75) is 43.9 Å². The molecule has 1 aromatic heterocycles. The van der Waals surface area contributed by atoms with Crippen LogP contribution in [-0.4, -0.2) is 49.8 Å². The van der Waals surface area contributed by atoms with Crippen LogP contribution >= 0.6 is 0 Å². The fourth-order valence-electron chi connectivity index (χ4n) is 4.37. The molecule has 0 spiro atoms. The van der Waals surface area contributed by atoms with Crippen molar-refractivity contribution in [2.75, 3.05) is 38.0 Å². The molecule has 31 heavy (non-hydrogen) atoms. The van der Waals surface area contributed by atoms with Crippen LogP contribution in [0.5, 0.6) is 0 Å². The summed E-state index contributed by atoms with van der Waals surface area (Å²) >= 11 is 0. The van der Waals surface area contributed by atoms with E-state index in [1.807, 2.05) is 32.3 Å². The van der Waals surface area contributed by atoms with E-state index < -0.39 is 0 Å². The molecule has 1 heterocycles. The van der Waals surface area contributed by atoms with Crippen LogP contribution in [0.15, 0.2) is 54.6 Å². The van der Waals surface area contributed by atoms with Gasteiger partial charge in [-0.05, 0) is 43.4 Å². The van der Waals surface area contributed by atoms with Gasteiger partial charge in [0, 0.05) is 45.2 Å². The van der Waals surface area contributed by atoms with Gasteiger partial charge < -0.3 is 20.3 Å². The summed E-state index contributed by atoms with van der Waals surface area (Å²) in [5.74, 6) is 1.68. The van der Waals surface area contributed by atoms with Gasteiger partial charge in [-0.25, -0.2) is 4.98 Å². The Morgan fingerprint density at radius 3 is 2.32 bits per heavy atom. The highest BCUT2D eigenvalue weighted by Gasteiger charge is 2.23. The van der Waals surface area contributed by atoms with Crippen molar-refractivity contribution in [2.24, 2.45) is 0 Å². The third-order valence-electron chi connectivity index (χ3n) is 6.11. The van der Waals surface area contributed by atoms with Gasteiger partial charge >= 0.3 is 0 Å². The van der Waals surface area contributed by atoms with Gasteiger partial charge in [0.25, 0.3) is 0 Å². The molecule has 0 aliphatic heterocycles. The smallest absolute Gasteiger partial charge is 0.225 e. The standard InChI is InChI=1S/C25H33N5O/c1-30(2)24-21-11-7-8-12-22(21)28-25(29-24)27-20-15-13-19(14-16-20)26-17-23(31-3)18-9-5-4-6-10-18/h4-12,19-20,23,26H,13-17H2,1-3H3,(H,27,28,29)/t19?,20?,23-/m0/s1. The lowest BCUT2D eigenvalue weighted by Gasteiger charge is -2.31. The van der Waals surface area contributed by atoms with Gasteiger partial charge in [0.1, 0.15) is 5.82 Å². The molecular formula is C25H33N5O. The maximum Gasteiger partial charge on any atom is 0.225 e. The third kappa shape index (κ3) is 5.32. The molecular weight excluding hydrogens is 386 g/mol. The van der Waals surface area contributed by atoms with Crippen LogP contribution in [0.25, 0.3) is 10.9 Å². The highest BCUT2D eigenvalue weighted by atomic mass is 16.5. The molecule has 1 atom stereocenters. The number of rotatable bonds is 8. The zero-order chi connectivity index (χ0) is 21.6. The molecule has 1 fully saturated rings. The minimum atomic E-state index is 0.0903. The van der Waals surface area contributed by atoms with Crippen molar-refractivity contribution >= 4 is 22.7 Å². The average molecular weight is 420 g/mol. The summed E-state index contributed by atoms with van der Waals surface area (Å²) in [5.41, 5.74) is 2.20. The molecule has 6 nitrogen and oxygen atoms in total. The van der Waals surface area contributed by atoms with E-state index >= 15 is 0 Å². The molecule has 0 radical (unpaired) electrons. The molecule has 0 amide bonds. The first-order chi connectivity index (χ1) is 15.1. The molecule has 0 saturated heterocycles. The quantitative estimate of drug-likeness (QED) is 0.564. The number of nitrogens with one attached hydrogen (secondary N) is 2. The molecule has 0 unspecified atom stereocenters. The number of ether oxygens (including phenoxy) is 1. The van der Waals surface area contributed by atoms with Gasteiger partial charge in [-0.2, -0.15) is 4.98 Å². The highest BCUT2D eigenvalue weighted by molar-refractivity contribution is 5.90. The van der Waals surface area contributed by atoms with E-state index in [4.69, 9.17) is 14.7 Å². The average Bonchev–Trinajstić information content (AvgIpc) is 2.80. The highest BCUT2D eigenvalue weighted by Crippen LogP contribution is 2.26. The van der Waals surface area contributed by atoms with Crippen LogP contribution in [0.2, 0.25) is 0 Å². The number of anilines is 2. The lowest BCUT2D eigenvalue weighted by Crippen LogP contribution is -2.39. The van der Waals surface area contributed by atoms with Crippen LogP contribution in [-0.2, 0) is 4.74 Å². The maximum absolute atomic E-state index is 5.70. The number of nitrogens with zero attached hydrogens (tertiary/aromatic N) is 3. The van der Waals surface area contributed by atoms with E-state index in [9.17, 15) is 0 Å². The fourth-order valence-corrected chi connectivity index (χ4v) is 4.37. The second-order valence-electron chi connectivity index (χ2n) is 8.52. The first-order valence-electron chi connectivity index (χ1n) is 11.2. The molecule has 4 rings (SSSR count). The zero-order valence-corrected chi connectivity index (χ0v) is 18.7. The fraction of sp³-hybridized carbons (Fsp3) is 0.440. The summed E-state index contributed by atoms with van der Waals surface area (Å²) in [5, 5.41) is 8.38. The van der Waals surface area contributed by atoms with Crippen LogP contribution in [0.1, 0.15) is 37.4 Å². The van der Waals surface area contributed by atoms with Gasteiger partial charge in [-0.3, -0.25) is 0 Å². The molecule has 2 N–H and O–H groups in total. The lowest BCUT2D eigenvalue weighted by molar-refractivity contribution is 0.0974. The molecule has 1 aliphatic rings. The summed E-state index contributed by atoms with van der Waals surface area (Å²) in [6.45, 7) is 0.837. The number of fused-ring (bicyclic) bond motifs is 1. The molecule has 6 heteroatoms. The number of benzene rings is 2. The Hall–Kier alpha value is -2.70. The largest absolute Gasteiger partial charge is 0.375 e. The van der Waals surface area contributed by atoms with E-state index in [1.54, 1.807) is 7.11 Å². The van der Waals surface area contributed by atoms with Crippen LogP contribution < -0.4 is 15.5 Å². The van der Waals surface area contributed by atoms with Crippen LogP contribution in [0, 0.1) is 0 Å². The second-order valence-corrected chi connectivity index (χ2v) is 8.52. The monoisotopic (exact) mass is 419 g/mol. The van der Waals surface area contributed by atoms with Crippen LogP contribution in [0.4, 0.5) is 11.8 Å². The number of hydrogen-bond acceptors (Lipinski definition) is 6. The van der Waals surface area contributed by atoms with Crippen LogP contribution in [0.3, 0.4) is 0 Å². The number of methoxy groups -OCH3 is 1. The minimum Gasteiger partial charge on any atom is -0.375 e. The number of hydrogen-bond donors (Lipinski definition) is 2. The Kier molecular flexibility index (Phi) is 6.99. The molecule has 1 saturated carbocycles. The predicted octanol–water partition coefficient (Wildman–Crippen LogP) is 4.40. The molecule has 3 aromatic rings. The Bertz CT molecular complexity index is 970. The third-order valence-corrected chi connectivity index (χ3v) is 6.11. The van der Waals surface area contributed by atoms with E-state index in [2.05, 4.69) is 51.9 Å². The molecule has 164 valence electrons. The Balaban J connectivity index is 1.32. The van der Waals surface area contributed by atoms with Crippen molar-refractivity contribution in [1.82, 2.24) is 15.3 Å². The van der Waals surface area contributed by atoms with Gasteiger partial charge in [0.05, 0.1) is 11.6 Å². The summed E-state index contributed by atoms with van der Waals surface area (Å²) in [7, 11) is 5.84. The minimum absolute atomic E-state index is 0.0903. The van der Waals surface area contributed by atoms with Gasteiger partial charge in [0.15, 0.2) is 0 Å².